The van der Waals surface area contributed by atoms with Gasteiger partial charge in [0, 0.05) is 29.1 Å². The van der Waals surface area contributed by atoms with Gasteiger partial charge in [-0.1, -0.05) is 0 Å². The van der Waals surface area contributed by atoms with E-state index < -0.39 is 4.92 Å². The third kappa shape index (κ3) is 4.27. The lowest BCUT2D eigenvalue weighted by molar-refractivity contribution is -0.386. The molecular formula is C15H22N2O3S. The summed E-state index contributed by atoms with van der Waals surface area (Å²) in [6, 6.07) is 4.97. The predicted octanol–water partition coefficient (Wildman–Crippen LogP) is 4.08. The van der Waals surface area contributed by atoms with E-state index in [4.69, 9.17) is 4.74 Å². The summed E-state index contributed by atoms with van der Waals surface area (Å²) in [5.41, 5.74) is 0.876. The molecule has 0 radical (unpaired) electrons. The SMILES string of the molecule is CC(C)Oc1cc(NCC2(C)CCCS2)ccc1[N+](=O)[O-]. The molecule has 0 aromatic heterocycles. The maximum Gasteiger partial charge on any atom is 0.311 e. The number of nitrogens with one attached hydrogen (secondary N) is 1. The number of hydrogen-bond donors (Lipinski definition) is 1. The van der Waals surface area contributed by atoms with Gasteiger partial charge in [-0.25, -0.2) is 0 Å². The Hall–Kier alpha value is -1.43. The second-order valence-electron chi connectivity index (χ2n) is 5.86. The maximum absolute atomic E-state index is 11.0. The van der Waals surface area contributed by atoms with Crippen LogP contribution in [0.25, 0.3) is 0 Å². The molecule has 2 rings (SSSR count). The van der Waals surface area contributed by atoms with E-state index >= 15 is 0 Å². The van der Waals surface area contributed by atoms with Gasteiger partial charge in [-0.2, -0.15) is 11.8 Å². The van der Waals surface area contributed by atoms with Crippen molar-refractivity contribution in [3.05, 3.63) is 28.3 Å². The Morgan fingerprint density at radius 1 is 1.52 bits per heavy atom. The number of thioether (sulfide) groups is 1. The van der Waals surface area contributed by atoms with Gasteiger partial charge in [0.1, 0.15) is 0 Å². The molecule has 1 aromatic rings. The number of nitrogens with zero attached hydrogens (tertiary/aromatic N) is 1. The molecule has 5 nitrogen and oxygen atoms in total. The average molecular weight is 310 g/mol. The van der Waals surface area contributed by atoms with Crippen LogP contribution in [0.1, 0.15) is 33.6 Å². The number of nitro benzene ring substituents is 1. The van der Waals surface area contributed by atoms with E-state index in [0.29, 0.717) is 5.75 Å². The number of anilines is 1. The van der Waals surface area contributed by atoms with Crippen LogP contribution in [0.4, 0.5) is 11.4 Å². The minimum atomic E-state index is -0.407. The molecule has 0 saturated carbocycles. The van der Waals surface area contributed by atoms with Crippen LogP contribution in [-0.2, 0) is 0 Å². The molecule has 1 aromatic carbocycles. The van der Waals surface area contributed by atoms with Gasteiger partial charge in [0.2, 0.25) is 0 Å². The lowest BCUT2D eigenvalue weighted by Gasteiger charge is -2.23. The summed E-state index contributed by atoms with van der Waals surface area (Å²) in [5.74, 6) is 1.53. The van der Waals surface area contributed by atoms with Crippen molar-refractivity contribution in [3.8, 4) is 5.75 Å². The Bertz CT molecular complexity index is 514. The highest BCUT2D eigenvalue weighted by Gasteiger charge is 2.29. The first kappa shape index (κ1) is 15.9. The molecule has 0 aliphatic carbocycles. The van der Waals surface area contributed by atoms with Crippen molar-refractivity contribution in [3.63, 3.8) is 0 Å². The van der Waals surface area contributed by atoms with Crippen molar-refractivity contribution in [2.24, 2.45) is 0 Å². The van der Waals surface area contributed by atoms with E-state index in [1.807, 2.05) is 25.6 Å². The quantitative estimate of drug-likeness (QED) is 0.633. The molecule has 1 N–H and O–H groups in total. The molecule has 6 heteroatoms. The van der Waals surface area contributed by atoms with Crippen LogP contribution in [-0.4, -0.2) is 28.1 Å². The fraction of sp³-hybridized carbons (Fsp3) is 0.600. The van der Waals surface area contributed by atoms with Crippen LogP contribution in [0, 0.1) is 10.1 Å². The zero-order valence-electron chi connectivity index (χ0n) is 12.7. The zero-order chi connectivity index (χ0) is 15.5. The summed E-state index contributed by atoms with van der Waals surface area (Å²) in [6.45, 7) is 6.84. The fourth-order valence-corrected chi connectivity index (χ4v) is 3.63. The average Bonchev–Trinajstić information content (AvgIpc) is 2.83. The molecule has 116 valence electrons. The smallest absolute Gasteiger partial charge is 0.311 e. The number of rotatable bonds is 6. The number of hydrogen-bond acceptors (Lipinski definition) is 5. The minimum Gasteiger partial charge on any atom is -0.484 e. The zero-order valence-corrected chi connectivity index (χ0v) is 13.5. The van der Waals surface area contributed by atoms with Crippen molar-refractivity contribution in [2.75, 3.05) is 17.6 Å². The van der Waals surface area contributed by atoms with Gasteiger partial charge in [-0.3, -0.25) is 10.1 Å². The first-order valence-corrected chi connectivity index (χ1v) is 8.21. The minimum absolute atomic E-state index is 0.00991. The van der Waals surface area contributed by atoms with Gasteiger partial charge in [-0.05, 0) is 45.4 Å². The van der Waals surface area contributed by atoms with Crippen molar-refractivity contribution in [1.82, 2.24) is 0 Å². The van der Waals surface area contributed by atoms with Crippen molar-refractivity contribution in [1.29, 1.82) is 0 Å². The Kier molecular flexibility index (Phi) is 4.98. The first-order valence-electron chi connectivity index (χ1n) is 7.22. The van der Waals surface area contributed by atoms with Crippen LogP contribution in [0.15, 0.2) is 18.2 Å². The van der Waals surface area contributed by atoms with Gasteiger partial charge in [0.25, 0.3) is 0 Å². The molecular weight excluding hydrogens is 288 g/mol. The normalized spacial score (nSPS) is 21.5. The molecule has 21 heavy (non-hydrogen) atoms. The molecule has 1 aliphatic rings. The van der Waals surface area contributed by atoms with Gasteiger partial charge in [-0.15, -0.1) is 0 Å². The van der Waals surface area contributed by atoms with Crippen LogP contribution in [0.3, 0.4) is 0 Å². The van der Waals surface area contributed by atoms with Crippen molar-refractivity contribution in [2.45, 2.75) is 44.5 Å². The van der Waals surface area contributed by atoms with Crippen LogP contribution >= 0.6 is 11.8 Å². The third-order valence-electron chi connectivity index (χ3n) is 3.49. The molecule has 1 heterocycles. The van der Waals surface area contributed by atoms with Crippen LogP contribution in [0.2, 0.25) is 0 Å². The van der Waals surface area contributed by atoms with E-state index in [-0.39, 0.29) is 16.5 Å². The van der Waals surface area contributed by atoms with E-state index in [9.17, 15) is 10.1 Å². The highest BCUT2D eigenvalue weighted by molar-refractivity contribution is 8.00. The van der Waals surface area contributed by atoms with E-state index in [1.165, 1.54) is 24.7 Å². The second-order valence-corrected chi connectivity index (χ2v) is 7.54. The Morgan fingerprint density at radius 3 is 2.86 bits per heavy atom. The summed E-state index contributed by atoms with van der Waals surface area (Å²) in [4.78, 5) is 10.6. The molecule has 1 fully saturated rings. The maximum atomic E-state index is 11.0. The Balaban J connectivity index is 2.11. The lowest BCUT2D eigenvalue weighted by Crippen LogP contribution is -2.27. The van der Waals surface area contributed by atoms with Crippen LogP contribution in [0.5, 0.6) is 5.75 Å². The molecule has 1 unspecified atom stereocenters. The summed E-state index contributed by atoms with van der Waals surface area (Å²) in [7, 11) is 0. The number of benzene rings is 1. The highest BCUT2D eigenvalue weighted by atomic mass is 32.2. The second kappa shape index (κ2) is 6.56. The predicted molar refractivity (Wildman–Crippen MR) is 87.4 cm³/mol. The first-order chi connectivity index (χ1) is 9.89. The standard InChI is InChI=1S/C15H22N2O3S/c1-11(2)20-14-9-12(5-6-13(14)17(18)19)16-10-15(3)7-4-8-21-15/h5-6,9,11,16H,4,7-8,10H2,1-3H3. The molecule has 1 saturated heterocycles. The lowest BCUT2D eigenvalue weighted by atomic mass is 10.1. The summed E-state index contributed by atoms with van der Waals surface area (Å²) in [6.07, 6.45) is 2.36. The Labute approximate surface area is 129 Å². The highest BCUT2D eigenvalue weighted by Crippen LogP contribution is 2.38. The molecule has 0 bridgehead atoms. The molecule has 0 amide bonds. The number of nitro groups is 1. The summed E-state index contributed by atoms with van der Waals surface area (Å²) in [5, 5.41) is 14.4. The van der Waals surface area contributed by atoms with Gasteiger partial charge in [0.05, 0.1) is 11.0 Å². The Morgan fingerprint density at radius 2 is 2.29 bits per heavy atom. The van der Waals surface area contributed by atoms with Gasteiger partial charge < -0.3 is 10.1 Å². The number of ether oxygens (including phenoxy) is 1. The molecule has 1 atom stereocenters. The van der Waals surface area contributed by atoms with E-state index in [2.05, 4.69) is 12.2 Å². The summed E-state index contributed by atoms with van der Waals surface area (Å²) < 4.78 is 5.81. The van der Waals surface area contributed by atoms with E-state index in [0.717, 1.165) is 12.2 Å². The van der Waals surface area contributed by atoms with Crippen molar-refractivity contribution < 1.29 is 9.66 Å². The van der Waals surface area contributed by atoms with E-state index in [1.54, 1.807) is 12.1 Å². The molecule has 1 aliphatic heterocycles. The van der Waals surface area contributed by atoms with Crippen LogP contribution < -0.4 is 10.1 Å². The summed E-state index contributed by atoms with van der Waals surface area (Å²) >= 11 is 1.98. The molecule has 0 spiro atoms. The largest absolute Gasteiger partial charge is 0.484 e. The topological polar surface area (TPSA) is 64.4 Å². The monoisotopic (exact) mass is 310 g/mol. The van der Waals surface area contributed by atoms with Crippen molar-refractivity contribution >= 4 is 23.1 Å². The van der Waals surface area contributed by atoms with Gasteiger partial charge >= 0.3 is 5.69 Å². The third-order valence-corrected chi connectivity index (χ3v) is 5.02. The van der Waals surface area contributed by atoms with Gasteiger partial charge in [0.15, 0.2) is 5.75 Å². The fourth-order valence-electron chi connectivity index (χ4n) is 2.39.